The first-order chi connectivity index (χ1) is 21.5. The van der Waals surface area contributed by atoms with Crippen molar-refractivity contribution in [1.82, 2.24) is 9.97 Å². The SMILES string of the molecule is C/C=C/C(=O)CCC1CCN(c2ccc(-c3cc4nc(-c5cccc(O)c5)nc(N5CCOCC5)c4s3)cc2)CC1.NC=O. The predicted molar refractivity (Wildman–Crippen MR) is 177 cm³/mol. The molecule has 230 valence electrons. The average Bonchev–Trinajstić information content (AvgIpc) is 3.49. The molecule has 1 amide bonds. The number of aromatic nitrogens is 2. The number of carbonyl (C=O) groups excluding carboxylic acids is 2. The Morgan fingerprint density at radius 2 is 1.75 bits per heavy atom. The van der Waals surface area contributed by atoms with Gasteiger partial charge in [-0.05, 0) is 74.1 Å². The lowest BCUT2D eigenvalue weighted by Gasteiger charge is -2.33. The Morgan fingerprint density at radius 3 is 2.43 bits per heavy atom. The fraction of sp³-hybridized carbons (Fsp3) is 0.353. The fourth-order valence-electron chi connectivity index (χ4n) is 5.75. The number of rotatable bonds is 8. The second kappa shape index (κ2) is 14.9. The summed E-state index contributed by atoms with van der Waals surface area (Å²) in [5, 5.41) is 10.1. The van der Waals surface area contributed by atoms with Gasteiger partial charge in [-0.2, -0.15) is 0 Å². The van der Waals surface area contributed by atoms with Crippen molar-refractivity contribution in [2.45, 2.75) is 32.6 Å². The number of hydrogen-bond acceptors (Lipinski definition) is 9. The number of fused-ring (bicyclic) bond motifs is 1. The highest BCUT2D eigenvalue weighted by atomic mass is 32.1. The highest BCUT2D eigenvalue weighted by Gasteiger charge is 2.22. The van der Waals surface area contributed by atoms with E-state index in [9.17, 15) is 9.90 Å². The van der Waals surface area contributed by atoms with E-state index in [-0.39, 0.29) is 17.9 Å². The molecule has 3 N–H and O–H groups in total. The summed E-state index contributed by atoms with van der Waals surface area (Å²) in [5.41, 5.74) is 8.30. The molecular formula is C34H39N5O4S. The molecule has 2 aliphatic rings. The van der Waals surface area contributed by atoms with Crippen LogP contribution in [0, 0.1) is 5.92 Å². The number of morpholine rings is 1. The van der Waals surface area contributed by atoms with Crippen LogP contribution in [-0.2, 0) is 14.3 Å². The van der Waals surface area contributed by atoms with Gasteiger partial charge in [0.05, 0.1) is 23.4 Å². The van der Waals surface area contributed by atoms with Crippen LogP contribution in [0.5, 0.6) is 5.75 Å². The van der Waals surface area contributed by atoms with Gasteiger partial charge in [0.2, 0.25) is 6.41 Å². The van der Waals surface area contributed by atoms with Crippen LogP contribution in [0.15, 0.2) is 66.7 Å². The van der Waals surface area contributed by atoms with E-state index in [2.05, 4.69) is 45.9 Å². The maximum absolute atomic E-state index is 11.9. The second-order valence-corrected chi connectivity index (χ2v) is 12.0. The van der Waals surface area contributed by atoms with Crippen molar-refractivity contribution in [2.75, 3.05) is 49.2 Å². The van der Waals surface area contributed by atoms with Crippen molar-refractivity contribution in [3.05, 3.63) is 66.7 Å². The number of ketones is 1. The summed E-state index contributed by atoms with van der Waals surface area (Å²) in [6.45, 7) is 6.89. The van der Waals surface area contributed by atoms with Crippen LogP contribution in [0.2, 0.25) is 0 Å². The minimum absolute atomic E-state index is 0.203. The molecule has 44 heavy (non-hydrogen) atoms. The third-order valence-corrected chi connectivity index (χ3v) is 9.22. The number of piperidine rings is 1. The van der Waals surface area contributed by atoms with Crippen LogP contribution in [0.4, 0.5) is 11.5 Å². The van der Waals surface area contributed by atoms with Crippen LogP contribution in [0.3, 0.4) is 0 Å². The van der Waals surface area contributed by atoms with Gasteiger partial charge in [-0.1, -0.05) is 30.3 Å². The zero-order chi connectivity index (χ0) is 30.9. The number of carbonyl (C=O) groups is 2. The average molecular weight is 614 g/mol. The predicted octanol–water partition coefficient (Wildman–Crippen LogP) is 5.81. The number of amides is 1. The number of phenols is 1. The summed E-state index contributed by atoms with van der Waals surface area (Å²) >= 11 is 1.73. The summed E-state index contributed by atoms with van der Waals surface area (Å²) in [7, 11) is 0. The molecule has 0 unspecified atom stereocenters. The van der Waals surface area contributed by atoms with E-state index in [1.54, 1.807) is 29.5 Å². The minimum atomic E-state index is 0.203. The Bertz CT molecular complexity index is 1590. The maximum Gasteiger partial charge on any atom is 0.204 e. The molecule has 0 aliphatic carbocycles. The van der Waals surface area contributed by atoms with Crippen LogP contribution >= 0.6 is 11.3 Å². The molecule has 0 spiro atoms. The maximum atomic E-state index is 11.9. The number of phenolic OH excluding ortho intramolecular Hbond substituents is 1. The van der Waals surface area contributed by atoms with E-state index in [1.165, 1.54) is 11.3 Å². The summed E-state index contributed by atoms with van der Waals surface area (Å²) in [5.74, 6) is 2.62. The molecule has 0 radical (unpaired) electrons. The van der Waals surface area contributed by atoms with Crippen molar-refractivity contribution in [3.63, 3.8) is 0 Å². The van der Waals surface area contributed by atoms with Crippen molar-refractivity contribution < 1.29 is 19.4 Å². The molecule has 0 bridgehead atoms. The summed E-state index contributed by atoms with van der Waals surface area (Å²) in [6, 6.07) is 18.2. The standard InChI is InChI=1S/C33H36N4O3S.CH3NO/c1-2-4-27(38)12-7-23-13-15-36(16-14-23)26-10-8-24(9-11-26)30-22-29-31(41-30)33(37-17-19-40-20-18-37)35-32(34-29)25-5-3-6-28(39)21-25;2-1-3/h2-6,8-11,21-23,39H,7,12-20H2,1H3;1H,(H2,2,3)/b4-2+;. The molecule has 2 aliphatic heterocycles. The Balaban J connectivity index is 0.00000123. The first-order valence-electron chi connectivity index (χ1n) is 15.1. The molecule has 2 saturated heterocycles. The van der Waals surface area contributed by atoms with Gasteiger partial charge < -0.3 is 25.4 Å². The van der Waals surface area contributed by atoms with Gasteiger partial charge in [0.25, 0.3) is 0 Å². The van der Waals surface area contributed by atoms with Gasteiger partial charge in [0.1, 0.15) is 5.75 Å². The summed E-state index contributed by atoms with van der Waals surface area (Å²) in [6.07, 6.45) is 7.68. The third-order valence-electron chi connectivity index (χ3n) is 8.05. The van der Waals surface area contributed by atoms with E-state index in [0.29, 0.717) is 31.4 Å². The van der Waals surface area contributed by atoms with Crippen LogP contribution in [0.25, 0.3) is 32.0 Å². The topological polar surface area (TPSA) is 122 Å². The monoisotopic (exact) mass is 613 g/mol. The lowest BCUT2D eigenvalue weighted by Crippen LogP contribution is -2.36. The third kappa shape index (κ3) is 7.62. The van der Waals surface area contributed by atoms with Crippen molar-refractivity contribution in [3.8, 4) is 27.6 Å². The van der Waals surface area contributed by atoms with Gasteiger partial charge in [-0.3, -0.25) is 9.59 Å². The van der Waals surface area contributed by atoms with Crippen molar-refractivity contribution >= 4 is 45.3 Å². The number of allylic oxidation sites excluding steroid dienone is 2. The lowest BCUT2D eigenvalue weighted by molar-refractivity contribution is -0.115. The van der Waals surface area contributed by atoms with E-state index < -0.39 is 0 Å². The summed E-state index contributed by atoms with van der Waals surface area (Å²) in [4.78, 5) is 36.2. The van der Waals surface area contributed by atoms with Gasteiger partial charge in [0, 0.05) is 48.7 Å². The quantitative estimate of drug-likeness (QED) is 0.189. The van der Waals surface area contributed by atoms with E-state index >= 15 is 0 Å². The van der Waals surface area contributed by atoms with Crippen molar-refractivity contribution in [2.24, 2.45) is 11.7 Å². The Labute approximate surface area is 262 Å². The van der Waals surface area contributed by atoms with Gasteiger partial charge in [0.15, 0.2) is 17.4 Å². The number of nitrogens with zero attached hydrogens (tertiary/aromatic N) is 4. The zero-order valence-corrected chi connectivity index (χ0v) is 25.8. The molecule has 10 heteroatoms. The van der Waals surface area contributed by atoms with Crippen LogP contribution in [0.1, 0.15) is 32.6 Å². The highest BCUT2D eigenvalue weighted by Crippen LogP contribution is 2.39. The number of ether oxygens (including phenoxy) is 1. The number of anilines is 2. The molecule has 4 heterocycles. The van der Waals surface area contributed by atoms with Gasteiger partial charge >= 0.3 is 0 Å². The van der Waals surface area contributed by atoms with E-state index in [4.69, 9.17) is 19.5 Å². The Kier molecular flexibility index (Phi) is 10.6. The highest BCUT2D eigenvalue weighted by molar-refractivity contribution is 7.22. The molecule has 0 atom stereocenters. The number of aromatic hydroxyl groups is 1. The minimum Gasteiger partial charge on any atom is -0.508 e. The molecule has 2 aromatic heterocycles. The smallest absolute Gasteiger partial charge is 0.204 e. The molecule has 0 saturated carbocycles. The first kappa shape index (κ1) is 31.2. The largest absolute Gasteiger partial charge is 0.508 e. The fourth-order valence-corrected chi connectivity index (χ4v) is 6.87. The molecular weight excluding hydrogens is 574 g/mol. The van der Waals surface area contributed by atoms with E-state index in [0.717, 1.165) is 71.9 Å². The molecule has 2 fully saturated rings. The second-order valence-electron chi connectivity index (χ2n) is 11.0. The number of nitrogens with two attached hydrogens (primary N) is 1. The van der Waals surface area contributed by atoms with Crippen LogP contribution < -0.4 is 15.5 Å². The molecule has 2 aromatic carbocycles. The Morgan fingerprint density at radius 1 is 1.02 bits per heavy atom. The van der Waals surface area contributed by atoms with Gasteiger partial charge in [-0.15, -0.1) is 11.3 Å². The molecule has 9 nitrogen and oxygen atoms in total. The number of hydrogen-bond donors (Lipinski definition) is 2. The number of primary amides is 1. The Hall–Kier alpha value is -4.28. The van der Waals surface area contributed by atoms with Crippen LogP contribution in [-0.4, -0.2) is 66.7 Å². The normalized spacial score (nSPS) is 15.8. The molecule has 4 aromatic rings. The lowest BCUT2D eigenvalue weighted by atomic mass is 9.91. The zero-order valence-electron chi connectivity index (χ0n) is 25.0. The summed E-state index contributed by atoms with van der Waals surface area (Å²) < 4.78 is 6.68. The number of thiophene rings is 1. The van der Waals surface area contributed by atoms with E-state index in [1.807, 2.05) is 25.1 Å². The number of benzene rings is 2. The van der Waals surface area contributed by atoms with Crippen molar-refractivity contribution in [1.29, 1.82) is 0 Å². The molecule has 6 rings (SSSR count). The first-order valence-corrected chi connectivity index (χ1v) is 15.9. The van der Waals surface area contributed by atoms with Gasteiger partial charge in [-0.25, -0.2) is 9.97 Å².